The average Bonchev–Trinajstić information content (AvgIpc) is 2.52. The lowest BCUT2D eigenvalue weighted by Gasteiger charge is -2.28. The van der Waals surface area contributed by atoms with Gasteiger partial charge in [0.15, 0.2) is 9.84 Å². The van der Waals surface area contributed by atoms with Gasteiger partial charge in [-0.25, -0.2) is 8.42 Å². The summed E-state index contributed by atoms with van der Waals surface area (Å²) >= 11 is 0. The summed E-state index contributed by atoms with van der Waals surface area (Å²) in [5.74, 6) is -2.29. The maximum atomic E-state index is 12.8. The van der Waals surface area contributed by atoms with Gasteiger partial charge >= 0.3 is 6.18 Å². The Hall–Kier alpha value is -2.09. The van der Waals surface area contributed by atoms with Crippen LogP contribution in [-0.2, 0) is 9.84 Å². The summed E-state index contributed by atoms with van der Waals surface area (Å²) in [7, 11) is -3.74. The van der Waals surface area contributed by atoms with Crippen LogP contribution in [0.1, 0.15) is 6.92 Å². The first-order chi connectivity index (χ1) is 11.5. The summed E-state index contributed by atoms with van der Waals surface area (Å²) in [6.45, 7) is 1.57. The molecule has 2 rings (SSSR count). The van der Waals surface area contributed by atoms with Gasteiger partial charge in [0.2, 0.25) is 0 Å². The molecule has 3 unspecified atom stereocenters. The first kappa shape index (κ1) is 19.2. The molecule has 0 aliphatic heterocycles. The molecule has 0 heterocycles. The van der Waals surface area contributed by atoms with Crippen LogP contribution >= 0.6 is 0 Å². The Labute approximate surface area is 144 Å². The molecule has 0 radical (unpaired) electrons. The molecule has 136 valence electrons. The highest BCUT2D eigenvalue weighted by Crippen LogP contribution is 2.36. The molecule has 0 fully saturated rings. The van der Waals surface area contributed by atoms with Crippen molar-refractivity contribution >= 4 is 16.1 Å². The minimum absolute atomic E-state index is 0.00360. The fraction of sp³-hybridized carbons (Fsp3) is 0.353. The summed E-state index contributed by atoms with van der Waals surface area (Å²) in [6, 6.07) is 5.00. The van der Waals surface area contributed by atoms with Crippen LogP contribution in [-0.4, -0.2) is 31.7 Å². The highest BCUT2D eigenvalue weighted by Gasteiger charge is 2.37. The predicted octanol–water partition coefficient (Wildman–Crippen LogP) is 3.74. The lowest BCUT2D eigenvalue weighted by molar-refractivity contribution is -0.0891. The summed E-state index contributed by atoms with van der Waals surface area (Å²) in [5.41, 5.74) is -0.763. The van der Waals surface area contributed by atoms with E-state index in [1.165, 1.54) is 30.3 Å². The normalized spacial score (nSPS) is 22.3. The van der Waals surface area contributed by atoms with E-state index in [1.54, 1.807) is 6.92 Å². The number of allylic oxidation sites excluding steroid dienone is 4. The van der Waals surface area contributed by atoms with Crippen molar-refractivity contribution in [1.82, 2.24) is 0 Å². The number of alkyl halides is 3. The molecule has 0 amide bonds. The van der Waals surface area contributed by atoms with E-state index in [4.69, 9.17) is 5.41 Å². The largest absolute Gasteiger partial charge is 0.508 e. The number of nitrogens with one attached hydrogen (secondary N) is 1. The van der Waals surface area contributed by atoms with Crippen LogP contribution in [0.25, 0.3) is 0 Å². The van der Waals surface area contributed by atoms with Gasteiger partial charge in [-0.3, -0.25) is 0 Å². The van der Waals surface area contributed by atoms with Crippen molar-refractivity contribution in [2.24, 2.45) is 17.8 Å². The second kappa shape index (κ2) is 7.03. The Bertz CT molecular complexity index is 795. The molecule has 8 heteroatoms. The Kier molecular flexibility index (Phi) is 5.41. The van der Waals surface area contributed by atoms with Gasteiger partial charge in [-0.2, -0.15) is 13.2 Å². The zero-order valence-corrected chi connectivity index (χ0v) is 14.2. The van der Waals surface area contributed by atoms with Crippen molar-refractivity contribution in [1.29, 1.82) is 5.41 Å². The maximum absolute atomic E-state index is 12.8. The second-order valence-corrected chi connectivity index (χ2v) is 8.06. The van der Waals surface area contributed by atoms with Crippen LogP contribution in [0.2, 0.25) is 0 Å². The van der Waals surface area contributed by atoms with Gasteiger partial charge in [-0.05, 0) is 42.3 Å². The molecule has 3 atom stereocenters. The highest BCUT2D eigenvalue weighted by atomic mass is 32.2. The fourth-order valence-electron chi connectivity index (χ4n) is 2.83. The number of hydrogen-bond donors (Lipinski definition) is 2. The van der Waals surface area contributed by atoms with E-state index in [0.717, 1.165) is 18.4 Å². The fourth-order valence-corrected chi connectivity index (χ4v) is 4.40. The monoisotopic (exact) mass is 373 g/mol. The van der Waals surface area contributed by atoms with E-state index in [9.17, 15) is 26.7 Å². The van der Waals surface area contributed by atoms with Gasteiger partial charge in [0.25, 0.3) is 0 Å². The number of hydrogen-bond acceptors (Lipinski definition) is 4. The predicted molar refractivity (Wildman–Crippen MR) is 88.4 cm³/mol. The summed E-state index contributed by atoms with van der Waals surface area (Å²) in [4.78, 5) is -0.00360. The molecule has 0 spiro atoms. The third-order valence-electron chi connectivity index (χ3n) is 4.19. The number of sulfone groups is 1. The van der Waals surface area contributed by atoms with Crippen molar-refractivity contribution in [3.8, 4) is 5.75 Å². The molecule has 25 heavy (non-hydrogen) atoms. The molecular formula is C17H18F3NO3S. The lowest BCUT2D eigenvalue weighted by Crippen LogP contribution is -2.30. The molecule has 1 aromatic rings. The first-order valence-electron chi connectivity index (χ1n) is 7.54. The third kappa shape index (κ3) is 4.50. The van der Waals surface area contributed by atoms with Gasteiger partial charge in [-0.1, -0.05) is 25.2 Å². The van der Waals surface area contributed by atoms with E-state index in [-0.39, 0.29) is 10.6 Å². The summed E-state index contributed by atoms with van der Waals surface area (Å²) in [5, 5.41) is 16.8. The smallest absolute Gasteiger partial charge is 0.416 e. The second-order valence-electron chi connectivity index (χ2n) is 6.02. The molecule has 0 saturated carbocycles. The Balaban J connectivity index is 2.21. The number of halogens is 3. The van der Waals surface area contributed by atoms with E-state index in [2.05, 4.69) is 0 Å². The van der Waals surface area contributed by atoms with Crippen molar-refractivity contribution in [3.05, 3.63) is 48.1 Å². The number of rotatable bonds is 5. The number of benzene rings is 1. The Morgan fingerprint density at radius 3 is 2.36 bits per heavy atom. The molecule has 1 aromatic carbocycles. The maximum Gasteiger partial charge on any atom is 0.416 e. The van der Waals surface area contributed by atoms with Gasteiger partial charge in [0.1, 0.15) is 5.75 Å². The molecular weight excluding hydrogens is 355 g/mol. The van der Waals surface area contributed by atoms with Crippen LogP contribution in [0.5, 0.6) is 5.75 Å². The molecule has 4 nitrogen and oxygen atoms in total. The van der Waals surface area contributed by atoms with Crippen molar-refractivity contribution < 1.29 is 26.7 Å². The summed E-state index contributed by atoms with van der Waals surface area (Å²) in [6.07, 6.45) is -0.151. The van der Waals surface area contributed by atoms with Crippen molar-refractivity contribution in [2.75, 3.05) is 5.75 Å². The van der Waals surface area contributed by atoms with Crippen LogP contribution in [0, 0.1) is 23.2 Å². The first-order valence-corrected chi connectivity index (χ1v) is 9.19. The topological polar surface area (TPSA) is 78.2 Å². The number of phenolic OH excluding ortho intramolecular Hbond substituents is 1. The van der Waals surface area contributed by atoms with Crippen LogP contribution < -0.4 is 0 Å². The van der Waals surface area contributed by atoms with Crippen molar-refractivity contribution in [2.45, 2.75) is 18.0 Å². The standard InChI is InChI=1S/C17H18F3NO3S/c1-11-8-13(17(18,19)20)2-7-16(11)12(9-21)10-25(23,24)15-5-3-14(22)4-6-15/h2-9,11-12,16,21-22H,10H2,1H3. The molecule has 0 aromatic heterocycles. The quantitative estimate of drug-likeness (QED) is 0.772. The third-order valence-corrected chi connectivity index (χ3v) is 6.01. The van der Waals surface area contributed by atoms with Gasteiger partial charge < -0.3 is 10.5 Å². The van der Waals surface area contributed by atoms with E-state index in [0.29, 0.717) is 0 Å². The Morgan fingerprint density at radius 2 is 1.88 bits per heavy atom. The molecule has 0 saturated heterocycles. The SMILES string of the molecule is CC1C=C(C(F)(F)F)C=CC1C(C=N)CS(=O)(=O)c1ccc(O)cc1. The highest BCUT2D eigenvalue weighted by molar-refractivity contribution is 7.91. The minimum Gasteiger partial charge on any atom is -0.508 e. The molecule has 1 aliphatic carbocycles. The van der Waals surface area contributed by atoms with Crippen LogP contribution in [0.15, 0.2) is 53.0 Å². The lowest BCUT2D eigenvalue weighted by atomic mass is 9.79. The molecule has 2 N–H and O–H groups in total. The van der Waals surface area contributed by atoms with Gasteiger partial charge in [-0.15, -0.1) is 0 Å². The van der Waals surface area contributed by atoms with Crippen LogP contribution in [0.3, 0.4) is 0 Å². The summed E-state index contributed by atoms with van der Waals surface area (Å²) < 4.78 is 63.3. The minimum atomic E-state index is -4.45. The molecule has 0 bridgehead atoms. The van der Waals surface area contributed by atoms with Gasteiger partial charge in [0.05, 0.1) is 16.2 Å². The van der Waals surface area contributed by atoms with E-state index in [1.807, 2.05) is 0 Å². The molecule has 1 aliphatic rings. The average molecular weight is 373 g/mol. The zero-order valence-electron chi connectivity index (χ0n) is 13.4. The van der Waals surface area contributed by atoms with Gasteiger partial charge in [0, 0.05) is 5.92 Å². The van der Waals surface area contributed by atoms with E-state index >= 15 is 0 Å². The number of phenols is 1. The number of aromatic hydroxyl groups is 1. The van der Waals surface area contributed by atoms with Crippen molar-refractivity contribution in [3.63, 3.8) is 0 Å². The Morgan fingerprint density at radius 1 is 1.28 bits per heavy atom. The van der Waals surface area contributed by atoms with Crippen LogP contribution in [0.4, 0.5) is 13.2 Å². The van der Waals surface area contributed by atoms with E-state index < -0.39 is 45.1 Å². The zero-order chi connectivity index (χ0) is 18.8.